The Hall–Kier alpha value is -3.67. The predicted molar refractivity (Wildman–Crippen MR) is 288 cm³/mol. The summed E-state index contributed by atoms with van der Waals surface area (Å²) in [4.78, 5) is 38.0. The Morgan fingerprint density at radius 1 is 0.313 bits per heavy atom. The molecule has 0 bridgehead atoms. The van der Waals surface area contributed by atoms with Crippen LogP contribution in [0.2, 0.25) is 0 Å². The van der Waals surface area contributed by atoms with Crippen LogP contribution in [0.15, 0.2) is 97.2 Å². The number of unbranched alkanes of at least 4 members (excludes halogenated alkanes) is 22. The van der Waals surface area contributed by atoms with Crippen LogP contribution >= 0.6 is 0 Å². The van der Waals surface area contributed by atoms with Gasteiger partial charge in [0.1, 0.15) is 13.2 Å². The van der Waals surface area contributed by atoms with Crippen LogP contribution in [0.5, 0.6) is 0 Å². The summed E-state index contributed by atoms with van der Waals surface area (Å²) in [5.74, 6) is -0.935. The highest BCUT2D eigenvalue weighted by Crippen LogP contribution is 2.14. The number of hydrogen-bond donors (Lipinski definition) is 0. The quantitative estimate of drug-likeness (QED) is 0.0262. The molecule has 0 heterocycles. The van der Waals surface area contributed by atoms with Crippen molar-refractivity contribution in [2.24, 2.45) is 0 Å². The summed E-state index contributed by atoms with van der Waals surface area (Å²) in [5, 5.41) is 0. The summed E-state index contributed by atoms with van der Waals surface area (Å²) in [6.07, 6.45) is 72.5. The fraction of sp³-hybridized carbons (Fsp3) is 0.689. The largest absolute Gasteiger partial charge is 0.462 e. The van der Waals surface area contributed by atoms with Crippen LogP contribution < -0.4 is 0 Å². The lowest BCUT2D eigenvalue weighted by molar-refractivity contribution is -0.167. The SMILES string of the molecule is CC/C=C\C/C=C\C/C=C\C/C=C\C/C=C\C/C=C\C/C=C\CCCCCC(=O)OCC(COC(=O)CCCCCCCCCCCC)OC(=O)CCCCCCC/C=C\CCCCCCC. The molecule has 0 saturated carbocycles. The molecule has 1 unspecified atom stereocenters. The van der Waals surface area contributed by atoms with E-state index in [0.29, 0.717) is 19.3 Å². The van der Waals surface area contributed by atoms with E-state index in [9.17, 15) is 14.4 Å². The second-order valence-corrected chi connectivity index (χ2v) is 18.1. The lowest BCUT2D eigenvalue weighted by atomic mass is 10.1. The van der Waals surface area contributed by atoms with Crippen molar-refractivity contribution in [3.63, 3.8) is 0 Å². The molecule has 0 radical (unpaired) electrons. The fourth-order valence-corrected chi connectivity index (χ4v) is 7.42. The van der Waals surface area contributed by atoms with E-state index < -0.39 is 6.10 Å². The molecule has 0 saturated heterocycles. The van der Waals surface area contributed by atoms with E-state index in [4.69, 9.17) is 14.2 Å². The van der Waals surface area contributed by atoms with Gasteiger partial charge in [-0.1, -0.05) is 227 Å². The third kappa shape index (κ3) is 53.2. The van der Waals surface area contributed by atoms with Crippen LogP contribution in [-0.4, -0.2) is 37.2 Å². The summed E-state index contributed by atoms with van der Waals surface area (Å²) < 4.78 is 16.8. The summed E-state index contributed by atoms with van der Waals surface area (Å²) in [7, 11) is 0. The van der Waals surface area contributed by atoms with Crippen molar-refractivity contribution in [2.45, 2.75) is 258 Å². The fourth-order valence-electron chi connectivity index (χ4n) is 7.42. The summed E-state index contributed by atoms with van der Waals surface area (Å²) in [6, 6.07) is 0. The van der Waals surface area contributed by atoms with Gasteiger partial charge in [-0.05, 0) is 103 Å². The highest BCUT2D eigenvalue weighted by atomic mass is 16.6. The van der Waals surface area contributed by atoms with E-state index in [1.54, 1.807) is 0 Å². The maximum absolute atomic E-state index is 12.8. The second-order valence-electron chi connectivity index (χ2n) is 18.1. The van der Waals surface area contributed by atoms with E-state index in [-0.39, 0.29) is 31.1 Å². The van der Waals surface area contributed by atoms with Crippen molar-refractivity contribution in [1.82, 2.24) is 0 Å². The van der Waals surface area contributed by atoms with Crippen LogP contribution in [-0.2, 0) is 28.6 Å². The number of carbonyl (C=O) groups excluding carboxylic acids is 3. The Morgan fingerprint density at radius 2 is 0.582 bits per heavy atom. The first-order valence-corrected chi connectivity index (χ1v) is 27.7. The van der Waals surface area contributed by atoms with Crippen LogP contribution in [0.3, 0.4) is 0 Å². The minimum atomic E-state index is -0.794. The van der Waals surface area contributed by atoms with Crippen molar-refractivity contribution in [2.75, 3.05) is 13.2 Å². The number of esters is 3. The maximum atomic E-state index is 12.8. The van der Waals surface area contributed by atoms with Gasteiger partial charge in [0, 0.05) is 19.3 Å². The summed E-state index contributed by atoms with van der Waals surface area (Å²) in [6.45, 7) is 6.47. The topological polar surface area (TPSA) is 78.9 Å². The van der Waals surface area contributed by atoms with Gasteiger partial charge in [0.05, 0.1) is 0 Å². The van der Waals surface area contributed by atoms with Crippen molar-refractivity contribution in [3.05, 3.63) is 97.2 Å². The highest BCUT2D eigenvalue weighted by molar-refractivity contribution is 5.71. The molecule has 0 N–H and O–H groups in total. The van der Waals surface area contributed by atoms with Crippen LogP contribution in [0.25, 0.3) is 0 Å². The molecule has 0 aliphatic rings. The van der Waals surface area contributed by atoms with Gasteiger partial charge in [-0.3, -0.25) is 14.4 Å². The minimum absolute atomic E-state index is 0.0905. The molecule has 0 amide bonds. The Labute approximate surface area is 413 Å². The molecule has 0 aromatic heterocycles. The zero-order valence-electron chi connectivity index (χ0n) is 43.6. The van der Waals surface area contributed by atoms with Crippen LogP contribution in [0, 0.1) is 0 Å². The lowest BCUT2D eigenvalue weighted by Gasteiger charge is -2.18. The molecular weight excluding hydrogens is 829 g/mol. The lowest BCUT2D eigenvalue weighted by Crippen LogP contribution is -2.30. The Balaban J connectivity index is 4.37. The average Bonchev–Trinajstić information content (AvgIpc) is 3.33. The minimum Gasteiger partial charge on any atom is -0.462 e. The van der Waals surface area contributed by atoms with Gasteiger partial charge >= 0.3 is 17.9 Å². The zero-order valence-corrected chi connectivity index (χ0v) is 43.6. The van der Waals surface area contributed by atoms with E-state index in [1.165, 1.54) is 89.9 Å². The molecule has 6 nitrogen and oxygen atoms in total. The summed E-state index contributed by atoms with van der Waals surface area (Å²) >= 11 is 0. The number of ether oxygens (including phenoxy) is 3. The van der Waals surface area contributed by atoms with E-state index in [1.807, 2.05) is 0 Å². The van der Waals surface area contributed by atoms with E-state index in [0.717, 1.165) is 122 Å². The molecule has 0 fully saturated rings. The van der Waals surface area contributed by atoms with Gasteiger partial charge in [-0.15, -0.1) is 0 Å². The monoisotopic (exact) mass is 931 g/mol. The first-order chi connectivity index (χ1) is 33.0. The molecule has 0 aliphatic heterocycles. The molecule has 0 aromatic rings. The molecule has 6 heteroatoms. The van der Waals surface area contributed by atoms with E-state index >= 15 is 0 Å². The third-order valence-corrected chi connectivity index (χ3v) is 11.6. The second kappa shape index (κ2) is 54.9. The van der Waals surface area contributed by atoms with Crippen molar-refractivity contribution >= 4 is 17.9 Å². The van der Waals surface area contributed by atoms with Gasteiger partial charge in [0.2, 0.25) is 0 Å². The number of rotatable bonds is 49. The average molecular weight is 931 g/mol. The summed E-state index contributed by atoms with van der Waals surface area (Å²) in [5.41, 5.74) is 0. The number of hydrogen-bond acceptors (Lipinski definition) is 6. The Kier molecular flexibility index (Phi) is 51.9. The van der Waals surface area contributed by atoms with Gasteiger partial charge in [-0.25, -0.2) is 0 Å². The van der Waals surface area contributed by atoms with Gasteiger partial charge < -0.3 is 14.2 Å². The molecular formula is C61H102O6. The third-order valence-electron chi connectivity index (χ3n) is 11.6. The van der Waals surface area contributed by atoms with E-state index in [2.05, 4.69) is 118 Å². The van der Waals surface area contributed by atoms with Crippen molar-refractivity contribution in [3.8, 4) is 0 Å². The molecule has 382 valence electrons. The van der Waals surface area contributed by atoms with Crippen LogP contribution in [0.4, 0.5) is 0 Å². The molecule has 0 aromatic carbocycles. The first kappa shape index (κ1) is 63.3. The number of allylic oxidation sites excluding steroid dienone is 16. The smallest absolute Gasteiger partial charge is 0.306 e. The standard InChI is InChI=1S/C61H102O6/c1-4-7-10-13-16-19-22-24-26-27-28-29-30-31-32-33-34-35-36-38-39-42-45-48-51-54-60(63)66-57-58(56-65-59(62)53-50-47-44-41-21-18-15-12-9-6-3)67-61(64)55-52-49-46-43-40-37-25-23-20-17-14-11-8-5-2/h7,10,16,19,23-26,28-29,31-32,34-35,38-39,58H,4-6,8-9,11-15,17-18,20-22,27,30,33,36-37,40-57H2,1-3H3/b10-7-,19-16-,25-23-,26-24-,29-28-,32-31-,35-34-,39-38-. The Bertz CT molecular complexity index is 1350. The van der Waals surface area contributed by atoms with Gasteiger partial charge in [0.25, 0.3) is 0 Å². The molecule has 0 spiro atoms. The maximum Gasteiger partial charge on any atom is 0.306 e. The first-order valence-electron chi connectivity index (χ1n) is 27.7. The van der Waals surface area contributed by atoms with Gasteiger partial charge in [0.15, 0.2) is 6.10 Å². The molecule has 0 rings (SSSR count). The molecule has 1 atom stereocenters. The van der Waals surface area contributed by atoms with Crippen molar-refractivity contribution in [1.29, 1.82) is 0 Å². The highest BCUT2D eigenvalue weighted by Gasteiger charge is 2.19. The van der Waals surface area contributed by atoms with Crippen molar-refractivity contribution < 1.29 is 28.6 Å². The normalized spacial score (nSPS) is 12.8. The number of carbonyl (C=O) groups is 3. The predicted octanol–water partition coefficient (Wildman–Crippen LogP) is 18.5. The Morgan fingerprint density at radius 3 is 0.940 bits per heavy atom. The van der Waals surface area contributed by atoms with Gasteiger partial charge in [-0.2, -0.15) is 0 Å². The van der Waals surface area contributed by atoms with Crippen LogP contribution in [0.1, 0.15) is 252 Å². The zero-order chi connectivity index (χ0) is 48.6. The molecule has 67 heavy (non-hydrogen) atoms. The molecule has 0 aliphatic carbocycles.